The maximum absolute atomic E-state index is 11.7. The van der Waals surface area contributed by atoms with Crippen molar-refractivity contribution in [1.29, 1.82) is 0 Å². The Hall–Kier alpha value is -0.650. The molecule has 4 atom stereocenters. The number of ether oxygens (including phenoxy) is 4. The molecule has 2 aliphatic rings. The Morgan fingerprint density at radius 3 is 2.75 bits per heavy atom. The molecule has 2 rings (SSSR count). The lowest BCUT2D eigenvalue weighted by atomic mass is 9.80. The minimum absolute atomic E-state index is 0.0218. The molecular weight excluding hydrogens is 212 g/mol. The minimum atomic E-state index is -0.182. The first-order valence-corrected chi connectivity index (χ1v) is 5.58. The van der Waals surface area contributed by atoms with Crippen LogP contribution in [0.4, 0.5) is 0 Å². The van der Waals surface area contributed by atoms with E-state index in [2.05, 4.69) is 0 Å². The molecule has 0 amide bonds. The molecule has 0 aromatic carbocycles. The van der Waals surface area contributed by atoms with E-state index in [4.69, 9.17) is 18.9 Å². The van der Waals surface area contributed by atoms with Crippen LogP contribution in [0.2, 0.25) is 0 Å². The van der Waals surface area contributed by atoms with E-state index in [9.17, 15) is 4.79 Å². The number of rotatable bonds is 5. The lowest BCUT2D eigenvalue weighted by molar-refractivity contribution is -0.150. The molecule has 0 spiro atoms. The van der Waals surface area contributed by atoms with E-state index in [1.165, 1.54) is 7.11 Å². The highest BCUT2D eigenvalue weighted by Crippen LogP contribution is 2.44. The van der Waals surface area contributed by atoms with Crippen LogP contribution in [0, 0.1) is 11.8 Å². The first-order chi connectivity index (χ1) is 7.77. The monoisotopic (exact) mass is 230 g/mol. The van der Waals surface area contributed by atoms with Crippen LogP contribution in [0.5, 0.6) is 0 Å². The summed E-state index contributed by atoms with van der Waals surface area (Å²) in [6.45, 7) is 0.747. The highest BCUT2D eigenvalue weighted by Gasteiger charge is 2.52. The van der Waals surface area contributed by atoms with Crippen LogP contribution in [0.25, 0.3) is 0 Å². The fraction of sp³-hybridized carbons (Fsp3) is 0.909. The predicted octanol–water partition coefficient (Wildman–Crippen LogP) is 0.573. The third kappa shape index (κ3) is 2.07. The molecule has 2 fully saturated rings. The van der Waals surface area contributed by atoms with Crippen molar-refractivity contribution in [2.24, 2.45) is 11.8 Å². The van der Waals surface area contributed by atoms with Gasteiger partial charge in [-0.3, -0.25) is 4.79 Å². The van der Waals surface area contributed by atoms with Crippen molar-refractivity contribution in [1.82, 2.24) is 0 Å². The van der Waals surface area contributed by atoms with Crippen LogP contribution < -0.4 is 0 Å². The number of fused-ring (bicyclic) bond motifs is 2. The summed E-state index contributed by atoms with van der Waals surface area (Å²) < 4.78 is 20.7. The van der Waals surface area contributed by atoms with Crippen LogP contribution in [-0.4, -0.2) is 45.8 Å². The fourth-order valence-corrected chi connectivity index (χ4v) is 2.72. The van der Waals surface area contributed by atoms with Crippen LogP contribution in [0.3, 0.4) is 0 Å². The third-order valence-electron chi connectivity index (χ3n) is 3.41. The van der Waals surface area contributed by atoms with Gasteiger partial charge in [0, 0.05) is 13.0 Å². The van der Waals surface area contributed by atoms with Gasteiger partial charge >= 0.3 is 5.97 Å². The largest absolute Gasteiger partial charge is 0.469 e. The number of esters is 1. The summed E-state index contributed by atoms with van der Waals surface area (Å²) in [5, 5.41) is 0. The molecule has 16 heavy (non-hydrogen) atoms. The van der Waals surface area contributed by atoms with Gasteiger partial charge in [0.2, 0.25) is 0 Å². The Labute approximate surface area is 95.0 Å². The Balaban J connectivity index is 1.95. The number of carbonyl (C=O) groups is 1. The summed E-state index contributed by atoms with van der Waals surface area (Å²) in [5.41, 5.74) is 0. The van der Waals surface area contributed by atoms with Gasteiger partial charge in [0.15, 0.2) is 0 Å². The second kappa shape index (κ2) is 5.12. The summed E-state index contributed by atoms with van der Waals surface area (Å²) in [7, 11) is 3.00. The summed E-state index contributed by atoms with van der Waals surface area (Å²) in [5.74, 6) is -0.236. The maximum atomic E-state index is 11.7. The zero-order chi connectivity index (χ0) is 11.5. The van der Waals surface area contributed by atoms with Gasteiger partial charge in [0.05, 0.1) is 31.8 Å². The van der Waals surface area contributed by atoms with Crippen molar-refractivity contribution < 1.29 is 23.7 Å². The SMILES string of the molecule is COCOC[C@@H]1[C@H](C(=O)OC)[C@H]2CC[C@@H]1O2. The van der Waals surface area contributed by atoms with Gasteiger partial charge in [0.1, 0.15) is 6.79 Å². The molecule has 2 saturated heterocycles. The van der Waals surface area contributed by atoms with E-state index in [0.29, 0.717) is 6.61 Å². The average Bonchev–Trinajstić information content (AvgIpc) is 2.88. The zero-order valence-electron chi connectivity index (χ0n) is 9.68. The Morgan fingerprint density at radius 2 is 2.06 bits per heavy atom. The molecule has 0 unspecified atom stereocenters. The predicted molar refractivity (Wildman–Crippen MR) is 54.7 cm³/mol. The first kappa shape index (κ1) is 11.8. The van der Waals surface area contributed by atoms with Crippen molar-refractivity contribution in [2.75, 3.05) is 27.6 Å². The number of hydrogen-bond acceptors (Lipinski definition) is 5. The summed E-state index contributed by atoms with van der Waals surface area (Å²) in [6, 6.07) is 0. The molecule has 92 valence electrons. The van der Waals surface area contributed by atoms with Crippen LogP contribution in [0.15, 0.2) is 0 Å². The molecule has 2 aliphatic heterocycles. The van der Waals surface area contributed by atoms with Gasteiger partial charge in [-0.05, 0) is 12.8 Å². The highest BCUT2D eigenvalue weighted by molar-refractivity contribution is 5.74. The van der Waals surface area contributed by atoms with Crippen molar-refractivity contribution in [2.45, 2.75) is 25.0 Å². The molecule has 2 bridgehead atoms. The van der Waals surface area contributed by atoms with Gasteiger partial charge in [-0.15, -0.1) is 0 Å². The zero-order valence-corrected chi connectivity index (χ0v) is 9.68. The first-order valence-electron chi connectivity index (χ1n) is 5.58. The Kier molecular flexibility index (Phi) is 3.78. The summed E-state index contributed by atoms with van der Waals surface area (Å²) in [4.78, 5) is 11.7. The van der Waals surface area contributed by atoms with Crippen molar-refractivity contribution in [3.05, 3.63) is 0 Å². The molecule has 0 aromatic rings. The number of carbonyl (C=O) groups excluding carboxylic acids is 1. The third-order valence-corrected chi connectivity index (χ3v) is 3.41. The number of hydrogen-bond donors (Lipinski definition) is 0. The summed E-state index contributed by atoms with van der Waals surface area (Å²) in [6.07, 6.45) is 2.13. The quantitative estimate of drug-likeness (QED) is 0.393. The molecule has 2 heterocycles. The van der Waals surface area contributed by atoms with E-state index >= 15 is 0 Å². The smallest absolute Gasteiger partial charge is 0.311 e. The standard InChI is InChI=1S/C11H18O5/c1-13-6-15-5-7-8-3-4-9(16-8)10(7)11(12)14-2/h7-10H,3-6H2,1-2H3/t7-,8-,9+,10-/m0/s1. The molecule has 0 N–H and O–H groups in total. The molecule has 5 heteroatoms. The fourth-order valence-electron chi connectivity index (χ4n) is 2.72. The van der Waals surface area contributed by atoms with E-state index < -0.39 is 0 Å². The maximum Gasteiger partial charge on any atom is 0.311 e. The van der Waals surface area contributed by atoms with E-state index in [0.717, 1.165) is 12.8 Å². The van der Waals surface area contributed by atoms with Crippen molar-refractivity contribution in [3.8, 4) is 0 Å². The highest BCUT2D eigenvalue weighted by atomic mass is 16.7. The van der Waals surface area contributed by atoms with Crippen LogP contribution >= 0.6 is 0 Å². The van der Waals surface area contributed by atoms with Crippen LogP contribution in [0.1, 0.15) is 12.8 Å². The molecule has 0 radical (unpaired) electrons. The molecule has 0 saturated carbocycles. The summed E-state index contributed by atoms with van der Waals surface area (Å²) >= 11 is 0. The lowest BCUT2D eigenvalue weighted by Gasteiger charge is -2.25. The lowest BCUT2D eigenvalue weighted by Crippen LogP contribution is -2.37. The second-order valence-corrected chi connectivity index (χ2v) is 4.28. The topological polar surface area (TPSA) is 54.0 Å². The number of methoxy groups -OCH3 is 2. The van der Waals surface area contributed by atoms with E-state index in [1.807, 2.05) is 0 Å². The van der Waals surface area contributed by atoms with Crippen molar-refractivity contribution >= 4 is 5.97 Å². The van der Waals surface area contributed by atoms with Crippen LogP contribution in [-0.2, 0) is 23.7 Å². The normalized spacial score (nSPS) is 36.6. The van der Waals surface area contributed by atoms with Gasteiger partial charge in [-0.25, -0.2) is 0 Å². The van der Waals surface area contributed by atoms with Gasteiger partial charge in [0.25, 0.3) is 0 Å². The second-order valence-electron chi connectivity index (χ2n) is 4.28. The molecule has 5 nitrogen and oxygen atoms in total. The van der Waals surface area contributed by atoms with Gasteiger partial charge < -0.3 is 18.9 Å². The molecular formula is C11H18O5. The average molecular weight is 230 g/mol. The van der Waals surface area contributed by atoms with Gasteiger partial charge in [-0.1, -0.05) is 0 Å². The molecule has 0 aliphatic carbocycles. The Morgan fingerprint density at radius 1 is 1.31 bits per heavy atom. The van der Waals surface area contributed by atoms with Crippen molar-refractivity contribution in [3.63, 3.8) is 0 Å². The minimum Gasteiger partial charge on any atom is -0.469 e. The van der Waals surface area contributed by atoms with Gasteiger partial charge in [-0.2, -0.15) is 0 Å². The van der Waals surface area contributed by atoms with E-state index in [1.54, 1.807) is 7.11 Å². The Bertz CT molecular complexity index is 255. The molecule has 0 aromatic heterocycles. The van der Waals surface area contributed by atoms with E-state index in [-0.39, 0.29) is 36.8 Å².